The lowest BCUT2D eigenvalue weighted by atomic mass is 10.1. The lowest BCUT2D eigenvalue weighted by molar-refractivity contribution is 0.104. The Hall–Kier alpha value is -3.08. The van der Waals surface area contributed by atoms with Gasteiger partial charge in [-0.15, -0.1) is 0 Å². The van der Waals surface area contributed by atoms with Crippen molar-refractivity contribution in [2.45, 2.75) is 39.3 Å². The van der Waals surface area contributed by atoms with E-state index in [0.717, 1.165) is 24.5 Å². The highest BCUT2D eigenvalue weighted by Crippen LogP contribution is 2.26. The smallest absolute Gasteiger partial charge is 0.189 e. The summed E-state index contributed by atoms with van der Waals surface area (Å²) in [5.74, 6) is 2.12. The molecule has 0 bridgehead atoms. The van der Waals surface area contributed by atoms with Crippen LogP contribution in [-0.4, -0.2) is 15.6 Å². The van der Waals surface area contributed by atoms with Crippen LogP contribution in [0.25, 0.3) is 6.08 Å². The first-order valence-corrected chi connectivity index (χ1v) is 9.29. The standard InChI is InChI=1S/C22H22N2O3/c1-2-24-14-18(13-23-24)22(25)11-10-19-8-9-21(27-19)15-26-20-7-6-16-4-3-5-17(16)12-20/h6-14H,2-5,15H2,1H3/b11-10+. The largest absolute Gasteiger partial charge is 0.486 e. The van der Waals surface area contributed by atoms with Gasteiger partial charge in [0.1, 0.15) is 23.9 Å². The van der Waals surface area contributed by atoms with E-state index < -0.39 is 0 Å². The highest BCUT2D eigenvalue weighted by molar-refractivity contribution is 6.06. The molecule has 0 saturated carbocycles. The molecule has 1 aliphatic carbocycles. The normalized spacial score (nSPS) is 13.2. The fraction of sp³-hybridized carbons (Fsp3) is 0.273. The average Bonchev–Trinajstić information content (AvgIpc) is 3.44. The molecule has 0 aliphatic heterocycles. The predicted molar refractivity (Wildman–Crippen MR) is 103 cm³/mol. The van der Waals surface area contributed by atoms with Gasteiger partial charge >= 0.3 is 0 Å². The van der Waals surface area contributed by atoms with Crippen LogP contribution in [0.15, 0.2) is 53.2 Å². The summed E-state index contributed by atoms with van der Waals surface area (Å²) in [7, 11) is 0. The van der Waals surface area contributed by atoms with Gasteiger partial charge in [-0.3, -0.25) is 9.48 Å². The van der Waals surface area contributed by atoms with Crippen LogP contribution in [0.5, 0.6) is 5.75 Å². The third-order valence-electron chi connectivity index (χ3n) is 4.77. The number of carbonyl (C=O) groups is 1. The van der Waals surface area contributed by atoms with E-state index in [9.17, 15) is 4.79 Å². The van der Waals surface area contributed by atoms with Gasteiger partial charge < -0.3 is 9.15 Å². The molecule has 0 amide bonds. The van der Waals surface area contributed by atoms with E-state index in [4.69, 9.17) is 9.15 Å². The minimum absolute atomic E-state index is 0.0953. The summed E-state index contributed by atoms with van der Waals surface area (Å²) >= 11 is 0. The van der Waals surface area contributed by atoms with Crippen LogP contribution in [0.4, 0.5) is 0 Å². The van der Waals surface area contributed by atoms with E-state index in [-0.39, 0.29) is 5.78 Å². The van der Waals surface area contributed by atoms with Gasteiger partial charge in [-0.25, -0.2) is 0 Å². The van der Waals surface area contributed by atoms with Gasteiger partial charge in [0.05, 0.1) is 11.8 Å². The summed E-state index contributed by atoms with van der Waals surface area (Å²) in [5, 5.41) is 4.11. The summed E-state index contributed by atoms with van der Waals surface area (Å²) < 4.78 is 13.3. The molecule has 0 unspecified atom stereocenters. The van der Waals surface area contributed by atoms with Crippen molar-refractivity contribution in [1.29, 1.82) is 0 Å². The Morgan fingerprint density at radius 3 is 3.00 bits per heavy atom. The quantitative estimate of drug-likeness (QED) is 0.460. The first-order valence-electron chi connectivity index (χ1n) is 9.29. The van der Waals surface area contributed by atoms with Crippen molar-refractivity contribution in [3.8, 4) is 5.75 Å². The topological polar surface area (TPSA) is 57.3 Å². The number of ketones is 1. The lowest BCUT2D eigenvalue weighted by Gasteiger charge is -2.06. The Bertz CT molecular complexity index is 981. The average molecular weight is 362 g/mol. The van der Waals surface area contributed by atoms with E-state index >= 15 is 0 Å². The van der Waals surface area contributed by atoms with E-state index in [1.165, 1.54) is 30.0 Å². The fourth-order valence-electron chi connectivity index (χ4n) is 3.27. The molecular weight excluding hydrogens is 340 g/mol. The molecule has 5 nitrogen and oxygen atoms in total. The van der Waals surface area contributed by atoms with Crippen molar-refractivity contribution < 1.29 is 13.9 Å². The summed E-state index contributed by atoms with van der Waals surface area (Å²) in [6.07, 6.45) is 10.0. The van der Waals surface area contributed by atoms with Crippen LogP contribution in [0.2, 0.25) is 0 Å². The summed E-state index contributed by atoms with van der Waals surface area (Å²) in [4.78, 5) is 12.2. The van der Waals surface area contributed by atoms with Crippen molar-refractivity contribution in [3.05, 3.63) is 77.0 Å². The molecule has 3 aromatic rings. The number of benzene rings is 1. The Labute approximate surface area is 158 Å². The number of nitrogens with zero attached hydrogens (tertiary/aromatic N) is 2. The van der Waals surface area contributed by atoms with E-state index in [1.807, 2.05) is 25.1 Å². The van der Waals surface area contributed by atoms with Crippen LogP contribution in [0.3, 0.4) is 0 Å². The molecular formula is C22H22N2O3. The van der Waals surface area contributed by atoms with Crippen LogP contribution in [0.1, 0.15) is 46.3 Å². The zero-order chi connectivity index (χ0) is 18.6. The summed E-state index contributed by atoms with van der Waals surface area (Å²) in [6.45, 7) is 3.08. The number of carbonyl (C=O) groups excluding carboxylic acids is 1. The number of hydrogen-bond acceptors (Lipinski definition) is 4. The van der Waals surface area contributed by atoms with Crippen molar-refractivity contribution in [2.24, 2.45) is 0 Å². The monoisotopic (exact) mass is 362 g/mol. The molecule has 0 spiro atoms. The van der Waals surface area contributed by atoms with Crippen molar-refractivity contribution in [3.63, 3.8) is 0 Å². The van der Waals surface area contributed by atoms with Gasteiger partial charge in [0, 0.05) is 12.7 Å². The van der Waals surface area contributed by atoms with Gasteiger partial charge in [0.2, 0.25) is 0 Å². The predicted octanol–water partition coefficient (Wildman–Crippen LogP) is 4.46. The molecule has 4 rings (SSSR count). The highest BCUT2D eigenvalue weighted by atomic mass is 16.5. The van der Waals surface area contributed by atoms with Crippen LogP contribution in [0, 0.1) is 0 Å². The summed E-state index contributed by atoms with van der Waals surface area (Å²) in [5.41, 5.74) is 3.39. The number of aryl methyl sites for hydroxylation is 3. The Morgan fingerprint density at radius 1 is 1.26 bits per heavy atom. The Kier molecular flexibility index (Phi) is 4.92. The second kappa shape index (κ2) is 7.66. The molecule has 1 aliphatic rings. The third kappa shape index (κ3) is 4.03. The maximum Gasteiger partial charge on any atom is 0.189 e. The maximum atomic E-state index is 12.2. The molecule has 5 heteroatoms. The van der Waals surface area contributed by atoms with Crippen molar-refractivity contribution in [2.75, 3.05) is 0 Å². The van der Waals surface area contributed by atoms with Crippen LogP contribution >= 0.6 is 0 Å². The van der Waals surface area contributed by atoms with E-state index in [2.05, 4.69) is 17.2 Å². The first kappa shape index (κ1) is 17.3. The number of hydrogen-bond donors (Lipinski definition) is 0. The second-order valence-electron chi connectivity index (χ2n) is 6.66. The van der Waals surface area contributed by atoms with Gasteiger partial charge in [-0.2, -0.15) is 5.10 Å². The Balaban J connectivity index is 1.35. The molecule has 0 saturated heterocycles. The number of allylic oxidation sites excluding steroid dienone is 1. The van der Waals surface area contributed by atoms with E-state index in [0.29, 0.717) is 17.9 Å². The fourth-order valence-corrected chi connectivity index (χ4v) is 3.27. The van der Waals surface area contributed by atoms with Crippen molar-refractivity contribution >= 4 is 11.9 Å². The maximum absolute atomic E-state index is 12.2. The third-order valence-corrected chi connectivity index (χ3v) is 4.77. The minimum atomic E-state index is -0.0953. The molecule has 1 aromatic carbocycles. The molecule has 0 radical (unpaired) electrons. The molecule has 2 heterocycles. The van der Waals surface area contributed by atoms with Gasteiger partial charge in [0.25, 0.3) is 0 Å². The van der Waals surface area contributed by atoms with Gasteiger partial charge in [-0.1, -0.05) is 6.07 Å². The lowest BCUT2D eigenvalue weighted by Crippen LogP contribution is -1.95. The zero-order valence-corrected chi connectivity index (χ0v) is 15.4. The SMILES string of the molecule is CCn1cc(C(=O)/C=C/c2ccc(COc3ccc4c(c3)CCC4)o2)cn1. The highest BCUT2D eigenvalue weighted by Gasteiger charge is 2.11. The van der Waals surface area contributed by atoms with E-state index in [1.54, 1.807) is 23.2 Å². The Morgan fingerprint density at radius 2 is 2.15 bits per heavy atom. The van der Waals surface area contributed by atoms with Crippen molar-refractivity contribution in [1.82, 2.24) is 9.78 Å². The molecule has 0 N–H and O–H groups in total. The zero-order valence-electron chi connectivity index (χ0n) is 15.4. The first-order chi connectivity index (χ1) is 13.2. The van der Waals surface area contributed by atoms with Gasteiger partial charge in [0.15, 0.2) is 5.78 Å². The minimum Gasteiger partial charge on any atom is -0.486 e. The van der Waals surface area contributed by atoms with Crippen LogP contribution in [-0.2, 0) is 26.0 Å². The number of furan rings is 1. The summed E-state index contributed by atoms with van der Waals surface area (Å²) in [6, 6.07) is 10.00. The molecule has 138 valence electrons. The van der Waals surface area contributed by atoms with Gasteiger partial charge in [-0.05, 0) is 73.7 Å². The number of aromatic nitrogens is 2. The second-order valence-corrected chi connectivity index (χ2v) is 6.66. The number of fused-ring (bicyclic) bond motifs is 1. The number of rotatable bonds is 7. The molecule has 0 atom stereocenters. The number of ether oxygens (including phenoxy) is 1. The molecule has 0 fully saturated rings. The molecule has 2 aromatic heterocycles. The van der Waals surface area contributed by atoms with Crippen LogP contribution < -0.4 is 4.74 Å². The molecule has 27 heavy (non-hydrogen) atoms.